The highest BCUT2D eigenvalue weighted by Gasteiger charge is 2.44. The molecule has 2 saturated heterocycles. The van der Waals surface area contributed by atoms with Crippen molar-refractivity contribution in [1.29, 1.82) is 0 Å². The highest BCUT2D eigenvalue weighted by molar-refractivity contribution is 7.15. The van der Waals surface area contributed by atoms with Gasteiger partial charge in [-0.05, 0) is 112 Å². The van der Waals surface area contributed by atoms with Crippen molar-refractivity contribution in [3.05, 3.63) is 139 Å². The molecule has 5 atom stereocenters. The van der Waals surface area contributed by atoms with E-state index in [9.17, 15) is 24.3 Å². The van der Waals surface area contributed by atoms with Crippen molar-refractivity contribution < 1.29 is 29.0 Å². The van der Waals surface area contributed by atoms with E-state index in [1.165, 1.54) is 15.3 Å². The van der Waals surface area contributed by atoms with Crippen molar-refractivity contribution in [1.82, 2.24) is 45.5 Å². The molecule has 0 radical (unpaired) electrons. The van der Waals surface area contributed by atoms with Crippen LogP contribution in [0, 0.1) is 33.1 Å². The third-order valence-electron chi connectivity index (χ3n) is 15.1. The highest BCUT2D eigenvalue weighted by atomic mass is 35.5. The lowest BCUT2D eigenvalue weighted by Crippen LogP contribution is -2.58. The Kier molecular flexibility index (Phi) is 17.2. The fraction of sp³-hybridized carbons (Fsp3) is 0.448. The molecule has 4 amide bonds. The summed E-state index contributed by atoms with van der Waals surface area (Å²) in [6.45, 7) is 18.5. The number of nitrogens with one attached hydrogen (secondary N) is 3. The van der Waals surface area contributed by atoms with Gasteiger partial charge >= 0.3 is 0 Å². The molecular formula is C58H69ClN10O6S2. The van der Waals surface area contributed by atoms with E-state index in [2.05, 4.69) is 78.7 Å². The summed E-state index contributed by atoms with van der Waals surface area (Å²) >= 11 is 9.55. The molecule has 16 nitrogen and oxygen atoms in total. The van der Waals surface area contributed by atoms with Gasteiger partial charge in [-0.15, -0.1) is 32.9 Å². The topological polar surface area (TPSA) is 196 Å². The fourth-order valence-electron chi connectivity index (χ4n) is 10.6. The molecule has 0 unspecified atom stereocenters. The minimum Gasteiger partial charge on any atom is -0.391 e. The number of aliphatic hydroxyl groups is 1. The largest absolute Gasteiger partial charge is 0.391 e. The number of likely N-dealkylation sites (tertiary alicyclic amines) is 2. The quantitative estimate of drug-likeness (QED) is 0.0643. The van der Waals surface area contributed by atoms with Gasteiger partial charge in [-0.25, -0.2) is 4.98 Å². The van der Waals surface area contributed by atoms with Crippen LogP contribution in [0.25, 0.3) is 15.4 Å². The molecule has 0 saturated carbocycles. The van der Waals surface area contributed by atoms with Gasteiger partial charge in [0.05, 0.1) is 47.0 Å². The minimum absolute atomic E-state index is 0.00430. The van der Waals surface area contributed by atoms with Gasteiger partial charge in [-0.3, -0.25) is 28.7 Å². The van der Waals surface area contributed by atoms with E-state index in [4.69, 9.17) is 21.3 Å². The minimum atomic E-state index is -0.946. The Balaban J connectivity index is 0.718. The summed E-state index contributed by atoms with van der Waals surface area (Å²) in [7, 11) is 0. The lowest BCUT2D eigenvalue weighted by molar-refractivity contribution is -0.144. The number of hydrogen-bond acceptors (Lipinski definition) is 13. The summed E-state index contributed by atoms with van der Waals surface area (Å²) < 4.78 is 7.91. The Morgan fingerprint density at radius 2 is 1.60 bits per heavy atom. The number of aliphatic imine (C=N–C) groups is 1. The first-order valence-electron chi connectivity index (χ1n) is 26.4. The van der Waals surface area contributed by atoms with Crippen molar-refractivity contribution in [2.24, 2.45) is 10.4 Å². The first-order valence-corrected chi connectivity index (χ1v) is 28.5. The number of nitrogens with zero attached hydrogens (tertiary/aromatic N) is 7. The molecule has 4 N–H and O–H groups in total. The third kappa shape index (κ3) is 12.7. The molecule has 3 aliphatic heterocycles. The van der Waals surface area contributed by atoms with Crippen LogP contribution in [0.2, 0.25) is 5.02 Å². The SMILES string of the molecule is Cc1ncsc1-c1ccc(CNC(=O)[C@@H]2C[C@@H](O)CN2C(=O)[C@@H](NC(=O)COCCN2CCC(c3ccc([C@H](C)NC(=O)C[C@@H]4N=C(c5ccc(Cl)cc5)c5c(sc(C)c5C)-n5c(C)nnc54)cc3)CC2)C(C)(C)C)cc1. The monoisotopic (exact) mass is 1100 g/mol. The van der Waals surface area contributed by atoms with Crippen LogP contribution in [0.3, 0.4) is 0 Å². The van der Waals surface area contributed by atoms with Crippen LogP contribution in [-0.4, -0.2) is 122 Å². The number of aliphatic hydroxyl groups excluding tert-OH is 1. The number of aromatic nitrogens is 4. The predicted molar refractivity (Wildman–Crippen MR) is 302 cm³/mol. The zero-order valence-electron chi connectivity index (χ0n) is 45.1. The summed E-state index contributed by atoms with van der Waals surface area (Å²) in [5, 5.41) is 30.3. The Bertz CT molecular complexity index is 3120. The number of fused-ring (bicyclic) bond motifs is 3. The van der Waals surface area contributed by atoms with Crippen LogP contribution < -0.4 is 16.0 Å². The number of benzene rings is 3. The molecule has 3 aliphatic rings. The van der Waals surface area contributed by atoms with Crippen molar-refractivity contribution in [3.63, 3.8) is 0 Å². The Morgan fingerprint density at radius 3 is 2.27 bits per heavy atom. The van der Waals surface area contributed by atoms with E-state index in [0.29, 0.717) is 29.9 Å². The molecule has 19 heteroatoms. The molecule has 0 aliphatic carbocycles. The summed E-state index contributed by atoms with van der Waals surface area (Å²) in [4.78, 5) is 70.4. The van der Waals surface area contributed by atoms with Gasteiger partial charge in [0.1, 0.15) is 35.6 Å². The van der Waals surface area contributed by atoms with Gasteiger partial charge in [0.2, 0.25) is 23.6 Å². The molecule has 3 aromatic heterocycles. The molecule has 9 rings (SSSR count). The number of thiazole rings is 1. The van der Waals surface area contributed by atoms with Crippen LogP contribution in [-0.2, 0) is 30.5 Å². The van der Waals surface area contributed by atoms with E-state index in [-0.39, 0.29) is 50.4 Å². The molecule has 0 spiro atoms. The van der Waals surface area contributed by atoms with Crippen LogP contribution >= 0.6 is 34.3 Å². The van der Waals surface area contributed by atoms with Gasteiger partial charge in [-0.2, -0.15) is 0 Å². The Morgan fingerprint density at radius 1 is 0.896 bits per heavy atom. The lowest BCUT2D eigenvalue weighted by atomic mass is 9.85. The smallest absolute Gasteiger partial charge is 0.246 e. The number of ether oxygens (including phenoxy) is 1. The Hall–Kier alpha value is -6.15. The van der Waals surface area contributed by atoms with Gasteiger partial charge in [0.15, 0.2) is 5.82 Å². The zero-order valence-corrected chi connectivity index (χ0v) is 47.5. The first-order chi connectivity index (χ1) is 36.8. The van der Waals surface area contributed by atoms with Gasteiger partial charge in [0, 0.05) is 47.1 Å². The van der Waals surface area contributed by atoms with Crippen molar-refractivity contribution >= 4 is 63.6 Å². The molecule has 3 aromatic carbocycles. The molecular weight excluding hydrogens is 1030 g/mol. The van der Waals surface area contributed by atoms with E-state index in [0.717, 1.165) is 86.4 Å². The van der Waals surface area contributed by atoms with Gasteiger partial charge in [-0.1, -0.05) is 93.0 Å². The maximum absolute atomic E-state index is 14.1. The second-order valence-corrected chi connectivity index (χ2v) is 24.2. The maximum Gasteiger partial charge on any atom is 0.246 e. The number of piperidine rings is 1. The molecule has 2 fully saturated rings. The van der Waals surface area contributed by atoms with Crippen LogP contribution in [0.5, 0.6) is 0 Å². The average molecular weight is 1100 g/mol. The van der Waals surface area contributed by atoms with Crippen molar-refractivity contribution in [2.45, 2.75) is 124 Å². The van der Waals surface area contributed by atoms with Crippen molar-refractivity contribution in [2.75, 3.05) is 39.4 Å². The maximum atomic E-state index is 14.1. The fourth-order valence-corrected chi connectivity index (χ4v) is 12.7. The molecule has 406 valence electrons. The number of carbonyl (C=O) groups excluding carboxylic acids is 4. The molecule has 77 heavy (non-hydrogen) atoms. The van der Waals surface area contributed by atoms with Crippen molar-refractivity contribution in [3.8, 4) is 15.4 Å². The normalized spacial score (nSPS) is 18.7. The number of halogens is 1. The van der Waals surface area contributed by atoms with Crippen LogP contribution in [0.4, 0.5) is 0 Å². The molecule has 0 bridgehead atoms. The predicted octanol–water partition coefficient (Wildman–Crippen LogP) is 8.50. The number of rotatable bonds is 17. The van der Waals surface area contributed by atoms with Crippen LogP contribution in [0.1, 0.15) is 127 Å². The Labute approximate surface area is 463 Å². The van der Waals surface area contributed by atoms with Crippen LogP contribution in [0.15, 0.2) is 83.3 Å². The standard InChI is InChI=1S/C58H69ClN10O6S2/c1-33-36(4)77-57-50(33)51(42-17-19-44(59)20-18-42)63-46(54-66-65-37(5)69(54)57)28-48(71)62-34(2)39-13-15-40(16-14-39)41-21-23-67(24-22-41)25-26-75-31-49(72)64-53(58(6,7)8)56(74)68-30-45(70)27-47(68)55(73)60-29-38-9-11-43(12-10-38)52-35(3)61-32-76-52/h9-20,32,34,41,45-47,53,70H,21-31H2,1-8H3,(H,60,73)(H,62,71)(H,64,72)/t34-,45+,46-,47-,53+/m0/s1. The molecule has 6 heterocycles. The first kappa shape index (κ1) is 55.6. The van der Waals surface area contributed by atoms with E-state index in [1.54, 1.807) is 22.7 Å². The van der Waals surface area contributed by atoms with E-state index in [1.807, 2.05) is 95.6 Å². The molecule has 6 aromatic rings. The second kappa shape index (κ2) is 23.8. The highest BCUT2D eigenvalue weighted by Crippen LogP contribution is 2.40. The zero-order chi connectivity index (χ0) is 54.7. The average Bonchev–Trinajstić information content (AvgIpc) is 4.31. The van der Waals surface area contributed by atoms with E-state index < -0.39 is 41.5 Å². The number of amides is 4. The number of carbonyl (C=O) groups is 4. The van der Waals surface area contributed by atoms with Gasteiger partial charge < -0.3 is 35.6 Å². The van der Waals surface area contributed by atoms with E-state index >= 15 is 0 Å². The number of hydrogen-bond donors (Lipinski definition) is 4. The number of thiophene rings is 1. The summed E-state index contributed by atoms with van der Waals surface area (Å²) in [5.41, 5.74) is 10.2. The van der Waals surface area contributed by atoms with Gasteiger partial charge in [0.25, 0.3) is 0 Å². The number of aryl methyl sites for hydroxylation is 3. The lowest BCUT2D eigenvalue weighted by Gasteiger charge is -2.35. The second-order valence-electron chi connectivity index (χ2n) is 21.7. The number of β-amino-alcohol motifs (C(OH)–C–C–N with tert-alkyl or cyclic N) is 1. The summed E-state index contributed by atoms with van der Waals surface area (Å²) in [6, 6.07) is 21.5. The third-order valence-corrected chi connectivity index (χ3v) is 17.5. The summed E-state index contributed by atoms with van der Waals surface area (Å²) in [5.74, 6) is 0.436. The summed E-state index contributed by atoms with van der Waals surface area (Å²) in [6.07, 6.45) is 1.29.